The Morgan fingerprint density at radius 3 is 2.79 bits per heavy atom. The first-order valence-corrected chi connectivity index (χ1v) is 4.23. The van der Waals surface area contributed by atoms with Gasteiger partial charge in [-0.2, -0.15) is 0 Å². The third-order valence-corrected chi connectivity index (χ3v) is 1.68. The molecule has 1 aromatic heterocycles. The number of nitrogens with zero attached hydrogens (tertiary/aromatic N) is 1. The fourth-order valence-electron chi connectivity index (χ4n) is 0.778. The second-order valence-electron chi connectivity index (χ2n) is 2.40. The Labute approximate surface area is 83.3 Å². The molecular weight excluding hydrogens is 201 g/mol. The molecule has 0 saturated carbocycles. The summed E-state index contributed by atoms with van der Waals surface area (Å²) in [5.41, 5.74) is 1.08. The van der Waals surface area contributed by atoms with Crippen molar-refractivity contribution < 1.29 is 14.1 Å². The molecule has 0 bridgehead atoms. The van der Waals surface area contributed by atoms with Gasteiger partial charge >= 0.3 is 5.97 Å². The van der Waals surface area contributed by atoms with Gasteiger partial charge in [-0.3, -0.25) is 9.78 Å². The van der Waals surface area contributed by atoms with Crippen molar-refractivity contribution in [3.05, 3.63) is 35.7 Å². The van der Waals surface area contributed by atoms with E-state index in [0.717, 1.165) is 0 Å². The minimum atomic E-state index is -0.476. The van der Waals surface area contributed by atoms with Crippen LogP contribution in [0.15, 0.2) is 24.4 Å². The van der Waals surface area contributed by atoms with E-state index in [4.69, 9.17) is 0 Å². The number of hydrogen-bond donors (Lipinski definition) is 0. The first-order chi connectivity index (χ1) is 6.76. The molecule has 0 fully saturated rings. The summed E-state index contributed by atoms with van der Waals surface area (Å²) < 4.78 is 4.32. The average Bonchev–Trinajstić information content (AvgIpc) is 2.26. The smallest absolute Gasteiger partial charge is 0.332 e. The van der Waals surface area contributed by atoms with E-state index in [1.165, 1.54) is 18.3 Å². The van der Waals surface area contributed by atoms with Gasteiger partial charge in [-0.05, 0) is 18.2 Å². The van der Waals surface area contributed by atoms with Crippen LogP contribution in [0.25, 0.3) is 6.08 Å². The van der Waals surface area contributed by atoms with Crippen molar-refractivity contribution in [2.75, 3.05) is 0 Å². The van der Waals surface area contributed by atoms with Crippen molar-refractivity contribution in [3.8, 4) is 0 Å². The maximum Gasteiger partial charge on any atom is 0.332 e. The first-order valence-electron chi connectivity index (χ1n) is 3.76. The Balaban J connectivity index is 2.73. The summed E-state index contributed by atoms with van der Waals surface area (Å²) in [4.78, 5) is 24.9. The summed E-state index contributed by atoms with van der Waals surface area (Å²) in [7, 11) is 1.85. The Bertz CT molecular complexity index is 359. The van der Waals surface area contributed by atoms with Crippen LogP contribution in [0.5, 0.6) is 0 Å². The van der Waals surface area contributed by atoms with Crippen LogP contribution in [0.2, 0.25) is 0 Å². The molecule has 0 aliphatic carbocycles. The van der Waals surface area contributed by atoms with Crippen LogP contribution in [0.4, 0.5) is 0 Å². The Morgan fingerprint density at radius 1 is 1.50 bits per heavy atom. The molecule has 0 aliphatic heterocycles. The molecule has 0 aromatic carbocycles. The molecule has 0 N–H and O–H groups in total. The van der Waals surface area contributed by atoms with E-state index in [1.807, 2.05) is 9.47 Å². The van der Waals surface area contributed by atoms with Gasteiger partial charge in [0.25, 0.3) is 0 Å². The van der Waals surface area contributed by atoms with Gasteiger partial charge in [-0.15, -0.1) is 0 Å². The number of pyridine rings is 1. The van der Waals surface area contributed by atoms with Crippen LogP contribution in [-0.2, 0) is 9.32 Å². The predicted molar refractivity (Wildman–Crippen MR) is 54.5 cm³/mol. The maximum absolute atomic E-state index is 10.7. The molecule has 0 amide bonds. The SMILES string of the molecule is O=Cc1ccc(C=CC(=O)OP)nc1. The summed E-state index contributed by atoms with van der Waals surface area (Å²) in [5, 5.41) is 0. The van der Waals surface area contributed by atoms with E-state index < -0.39 is 5.97 Å². The van der Waals surface area contributed by atoms with Crippen LogP contribution >= 0.6 is 9.47 Å². The summed E-state index contributed by atoms with van der Waals surface area (Å²) in [5.74, 6) is -0.476. The first kappa shape index (κ1) is 10.5. The highest BCUT2D eigenvalue weighted by molar-refractivity contribution is 7.10. The second kappa shape index (κ2) is 5.25. The lowest BCUT2D eigenvalue weighted by atomic mass is 10.2. The Kier molecular flexibility index (Phi) is 3.95. The van der Waals surface area contributed by atoms with E-state index in [1.54, 1.807) is 12.1 Å². The Morgan fingerprint density at radius 2 is 2.29 bits per heavy atom. The lowest BCUT2D eigenvalue weighted by Crippen LogP contribution is -1.90. The van der Waals surface area contributed by atoms with Gasteiger partial charge in [0.15, 0.2) is 6.29 Å². The zero-order valence-corrected chi connectivity index (χ0v) is 8.37. The summed E-state index contributed by atoms with van der Waals surface area (Å²) in [6.45, 7) is 0. The average molecular weight is 209 g/mol. The highest BCUT2D eigenvalue weighted by Crippen LogP contribution is 2.00. The molecule has 0 radical (unpaired) electrons. The van der Waals surface area contributed by atoms with E-state index >= 15 is 0 Å². The fraction of sp³-hybridized carbons (Fsp3) is 0. The zero-order valence-electron chi connectivity index (χ0n) is 7.21. The molecule has 0 saturated heterocycles. The van der Waals surface area contributed by atoms with E-state index in [-0.39, 0.29) is 0 Å². The molecule has 4 nitrogen and oxygen atoms in total. The quantitative estimate of drug-likeness (QED) is 0.427. The van der Waals surface area contributed by atoms with Crippen LogP contribution < -0.4 is 0 Å². The molecule has 0 spiro atoms. The summed E-state index contributed by atoms with van der Waals surface area (Å²) in [6, 6.07) is 3.25. The van der Waals surface area contributed by atoms with Gasteiger partial charge in [0, 0.05) is 17.8 Å². The lowest BCUT2D eigenvalue weighted by Gasteiger charge is -1.92. The van der Waals surface area contributed by atoms with Gasteiger partial charge in [0.1, 0.15) is 0 Å². The molecule has 72 valence electrons. The summed E-state index contributed by atoms with van der Waals surface area (Å²) >= 11 is 0. The highest BCUT2D eigenvalue weighted by atomic mass is 31.0. The van der Waals surface area contributed by atoms with Crippen molar-refractivity contribution in [1.82, 2.24) is 4.98 Å². The van der Waals surface area contributed by atoms with E-state index in [0.29, 0.717) is 17.5 Å². The molecule has 5 heteroatoms. The summed E-state index contributed by atoms with van der Waals surface area (Å²) in [6.07, 6.45) is 4.88. The number of hydrogen-bond acceptors (Lipinski definition) is 4. The number of carbonyl (C=O) groups excluding carboxylic acids is 2. The van der Waals surface area contributed by atoms with Crippen LogP contribution in [0, 0.1) is 0 Å². The van der Waals surface area contributed by atoms with Gasteiger partial charge in [-0.25, -0.2) is 4.79 Å². The van der Waals surface area contributed by atoms with Crippen LogP contribution in [-0.4, -0.2) is 17.2 Å². The molecule has 0 aliphatic rings. The van der Waals surface area contributed by atoms with E-state index in [9.17, 15) is 9.59 Å². The molecule has 1 unspecified atom stereocenters. The molecule has 1 heterocycles. The van der Waals surface area contributed by atoms with Gasteiger partial charge in [0.05, 0.1) is 15.2 Å². The van der Waals surface area contributed by atoms with Crippen molar-refractivity contribution in [1.29, 1.82) is 0 Å². The van der Waals surface area contributed by atoms with Crippen molar-refractivity contribution >= 4 is 27.8 Å². The number of aldehydes is 1. The number of aromatic nitrogens is 1. The molecule has 14 heavy (non-hydrogen) atoms. The minimum Gasteiger partial charge on any atom is -0.448 e. The Hall–Kier alpha value is -1.54. The van der Waals surface area contributed by atoms with Crippen LogP contribution in [0.3, 0.4) is 0 Å². The van der Waals surface area contributed by atoms with Crippen molar-refractivity contribution in [2.24, 2.45) is 0 Å². The molecule has 1 atom stereocenters. The maximum atomic E-state index is 10.7. The molecular formula is C9H8NO3P. The largest absolute Gasteiger partial charge is 0.448 e. The minimum absolute atomic E-state index is 0.476. The van der Waals surface area contributed by atoms with Crippen LogP contribution in [0.1, 0.15) is 16.1 Å². The number of carbonyl (C=O) groups is 2. The third kappa shape index (κ3) is 3.07. The molecule has 1 aromatic rings. The highest BCUT2D eigenvalue weighted by Gasteiger charge is 1.93. The monoisotopic (exact) mass is 209 g/mol. The fourth-order valence-corrected chi connectivity index (χ4v) is 0.856. The van der Waals surface area contributed by atoms with Crippen molar-refractivity contribution in [2.45, 2.75) is 0 Å². The third-order valence-electron chi connectivity index (χ3n) is 1.45. The van der Waals surface area contributed by atoms with Crippen molar-refractivity contribution in [3.63, 3.8) is 0 Å². The van der Waals surface area contributed by atoms with Gasteiger partial charge < -0.3 is 4.52 Å². The normalized spacial score (nSPS) is 10.1. The van der Waals surface area contributed by atoms with Gasteiger partial charge in [-0.1, -0.05) is 0 Å². The molecule has 1 rings (SSSR count). The standard InChI is InChI=1S/C9H8NO3P/c11-6-7-1-2-8(10-5-7)3-4-9(12)13-14/h1-6H,14H2. The topological polar surface area (TPSA) is 56.3 Å². The lowest BCUT2D eigenvalue weighted by molar-refractivity contribution is -0.127. The van der Waals surface area contributed by atoms with E-state index in [2.05, 4.69) is 9.51 Å². The second-order valence-corrected chi connectivity index (χ2v) is 2.64. The van der Waals surface area contributed by atoms with Gasteiger partial charge in [0.2, 0.25) is 0 Å². The predicted octanol–water partition coefficient (Wildman–Crippen LogP) is 1.24. The zero-order chi connectivity index (χ0) is 10.4. The number of rotatable bonds is 3.